The SMILES string of the molecule is CCCCN(CCCNc1nc(NCc2ccccc2)nc(Nc2cccc3ccccc23)n1)C(N)CCC. The van der Waals surface area contributed by atoms with Gasteiger partial charge in [-0.2, -0.15) is 15.0 Å². The van der Waals surface area contributed by atoms with Gasteiger partial charge in [0, 0.05) is 30.7 Å². The van der Waals surface area contributed by atoms with Crippen LogP contribution in [0.25, 0.3) is 10.8 Å². The molecule has 0 spiro atoms. The van der Waals surface area contributed by atoms with E-state index in [-0.39, 0.29) is 6.17 Å². The minimum Gasteiger partial charge on any atom is -0.354 e. The van der Waals surface area contributed by atoms with Crippen LogP contribution in [0, 0.1) is 0 Å². The van der Waals surface area contributed by atoms with E-state index in [1.807, 2.05) is 42.5 Å². The summed E-state index contributed by atoms with van der Waals surface area (Å²) in [6.07, 6.45) is 5.51. The number of anilines is 4. The fourth-order valence-corrected chi connectivity index (χ4v) is 4.59. The van der Waals surface area contributed by atoms with Crippen molar-refractivity contribution in [2.24, 2.45) is 5.73 Å². The predicted molar refractivity (Wildman–Crippen MR) is 163 cm³/mol. The van der Waals surface area contributed by atoms with Crippen molar-refractivity contribution >= 4 is 34.3 Å². The maximum absolute atomic E-state index is 6.45. The van der Waals surface area contributed by atoms with Crippen molar-refractivity contribution in [2.75, 3.05) is 35.6 Å². The van der Waals surface area contributed by atoms with Crippen molar-refractivity contribution in [3.05, 3.63) is 78.4 Å². The summed E-state index contributed by atoms with van der Waals surface area (Å²) in [4.78, 5) is 16.4. The molecule has 39 heavy (non-hydrogen) atoms. The van der Waals surface area contributed by atoms with Gasteiger partial charge in [-0.15, -0.1) is 0 Å². The maximum atomic E-state index is 6.45. The van der Waals surface area contributed by atoms with Gasteiger partial charge in [0.25, 0.3) is 0 Å². The van der Waals surface area contributed by atoms with Crippen LogP contribution in [0.4, 0.5) is 23.5 Å². The van der Waals surface area contributed by atoms with Gasteiger partial charge in [0.1, 0.15) is 0 Å². The van der Waals surface area contributed by atoms with Crippen molar-refractivity contribution < 1.29 is 0 Å². The monoisotopic (exact) mass is 526 g/mol. The van der Waals surface area contributed by atoms with E-state index >= 15 is 0 Å². The smallest absolute Gasteiger partial charge is 0.233 e. The number of rotatable bonds is 16. The Morgan fingerprint density at radius 3 is 2.23 bits per heavy atom. The number of hydrogen-bond acceptors (Lipinski definition) is 8. The molecule has 4 rings (SSSR count). The fraction of sp³-hybridized carbons (Fsp3) is 0.387. The van der Waals surface area contributed by atoms with Crippen LogP contribution in [0.3, 0.4) is 0 Å². The van der Waals surface area contributed by atoms with E-state index in [2.05, 4.69) is 75.0 Å². The zero-order valence-electron chi connectivity index (χ0n) is 23.2. The first kappa shape index (κ1) is 28.3. The normalized spacial score (nSPS) is 12.0. The van der Waals surface area contributed by atoms with E-state index in [1.54, 1.807) is 0 Å². The highest BCUT2D eigenvalue weighted by molar-refractivity contribution is 5.94. The summed E-state index contributed by atoms with van der Waals surface area (Å²) in [6, 6.07) is 24.7. The van der Waals surface area contributed by atoms with Gasteiger partial charge in [-0.25, -0.2) is 0 Å². The summed E-state index contributed by atoms with van der Waals surface area (Å²) < 4.78 is 0. The molecule has 3 aromatic carbocycles. The van der Waals surface area contributed by atoms with Gasteiger partial charge in [0.15, 0.2) is 0 Å². The van der Waals surface area contributed by atoms with Gasteiger partial charge in [0.05, 0.1) is 6.17 Å². The zero-order valence-corrected chi connectivity index (χ0v) is 23.2. The van der Waals surface area contributed by atoms with Crippen LogP contribution in [0.1, 0.15) is 51.5 Å². The Kier molecular flexibility index (Phi) is 10.9. The zero-order chi connectivity index (χ0) is 27.3. The van der Waals surface area contributed by atoms with Crippen LogP contribution in [0.5, 0.6) is 0 Å². The summed E-state index contributed by atoms with van der Waals surface area (Å²) in [7, 11) is 0. The molecule has 0 fully saturated rings. The van der Waals surface area contributed by atoms with Crippen LogP contribution >= 0.6 is 0 Å². The molecule has 4 aromatic rings. The van der Waals surface area contributed by atoms with Crippen molar-refractivity contribution in [3.8, 4) is 0 Å². The number of benzene rings is 3. The van der Waals surface area contributed by atoms with E-state index in [4.69, 9.17) is 10.7 Å². The second-order valence-electron chi connectivity index (χ2n) is 9.82. The Labute approximate surface area is 232 Å². The number of unbranched alkanes of at least 4 members (excludes halogenated alkanes) is 1. The van der Waals surface area contributed by atoms with Gasteiger partial charge in [0.2, 0.25) is 17.8 Å². The lowest BCUT2D eigenvalue weighted by Gasteiger charge is -2.28. The van der Waals surface area contributed by atoms with E-state index < -0.39 is 0 Å². The predicted octanol–water partition coefficient (Wildman–Crippen LogP) is 6.37. The lowest BCUT2D eigenvalue weighted by Crippen LogP contribution is -2.43. The highest BCUT2D eigenvalue weighted by atomic mass is 15.3. The number of aromatic nitrogens is 3. The van der Waals surface area contributed by atoms with Crippen molar-refractivity contribution in [3.63, 3.8) is 0 Å². The number of nitrogens with one attached hydrogen (secondary N) is 3. The quantitative estimate of drug-likeness (QED) is 0.0986. The van der Waals surface area contributed by atoms with E-state index in [0.29, 0.717) is 24.4 Å². The Hall–Kier alpha value is -3.75. The highest BCUT2D eigenvalue weighted by Gasteiger charge is 2.13. The van der Waals surface area contributed by atoms with E-state index in [0.717, 1.165) is 67.3 Å². The van der Waals surface area contributed by atoms with Crippen LogP contribution in [0.2, 0.25) is 0 Å². The number of hydrogen-bond donors (Lipinski definition) is 4. The van der Waals surface area contributed by atoms with Gasteiger partial charge < -0.3 is 21.7 Å². The molecule has 1 heterocycles. The summed E-state index contributed by atoms with van der Waals surface area (Å²) in [5, 5.41) is 12.5. The Morgan fingerprint density at radius 2 is 1.44 bits per heavy atom. The third-order valence-corrected chi connectivity index (χ3v) is 6.72. The minimum absolute atomic E-state index is 0.115. The molecule has 1 atom stereocenters. The first-order valence-electron chi connectivity index (χ1n) is 14.2. The molecule has 0 aliphatic carbocycles. The molecular formula is C31H42N8. The number of nitrogens with two attached hydrogens (primary N) is 1. The van der Waals surface area contributed by atoms with Gasteiger partial charge >= 0.3 is 0 Å². The molecule has 0 amide bonds. The molecule has 8 nitrogen and oxygen atoms in total. The third-order valence-electron chi connectivity index (χ3n) is 6.72. The largest absolute Gasteiger partial charge is 0.354 e. The third kappa shape index (κ3) is 8.63. The Balaban J connectivity index is 1.46. The minimum atomic E-state index is 0.115. The van der Waals surface area contributed by atoms with Crippen LogP contribution in [-0.4, -0.2) is 45.7 Å². The molecule has 0 aliphatic heterocycles. The second-order valence-corrected chi connectivity index (χ2v) is 9.82. The molecule has 206 valence electrons. The molecular weight excluding hydrogens is 484 g/mol. The maximum Gasteiger partial charge on any atom is 0.233 e. The average Bonchev–Trinajstić information content (AvgIpc) is 2.96. The second kappa shape index (κ2) is 15.0. The number of fused-ring (bicyclic) bond motifs is 1. The van der Waals surface area contributed by atoms with Crippen molar-refractivity contribution in [2.45, 2.75) is 58.7 Å². The summed E-state index contributed by atoms with van der Waals surface area (Å²) in [6.45, 7) is 7.76. The molecule has 0 radical (unpaired) electrons. The highest BCUT2D eigenvalue weighted by Crippen LogP contribution is 2.25. The molecule has 0 saturated heterocycles. The number of nitrogens with zero attached hydrogens (tertiary/aromatic N) is 4. The van der Waals surface area contributed by atoms with E-state index in [1.165, 1.54) is 6.42 Å². The standard InChI is InChI=1S/C31H42N8/c1-3-5-21-39(28(32)13-4-2)22-12-20-33-29-36-30(34-23-24-14-7-6-8-15-24)38-31(37-29)35-27-19-11-17-25-16-9-10-18-26(25)27/h6-11,14-19,28H,3-5,12-13,20-23,32H2,1-2H3,(H3,33,34,35,36,37,38). The lowest BCUT2D eigenvalue weighted by atomic mass is 10.1. The first-order valence-corrected chi connectivity index (χ1v) is 14.2. The molecule has 5 N–H and O–H groups in total. The fourth-order valence-electron chi connectivity index (χ4n) is 4.59. The lowest BCUT2D eigenvalue weighted by molar-refractivity contribution is 0.186. The first-order chi connectivity index (χ1) is 19.2. The van der Waals surface area contributed by atoms with Gasteiger partial charge in [-0.05, 0) is 42.8 Å². The Morgan fingerprint density at radius 1 is 0.744 bits per heavy atom. The van der Waals surface area contributed by atoms with Gasteiger partial charge in [-0.1, -0.05) is 93.4 Å². The molecule has 0 bridgehead atoms. The molecule has 1 unspecified atom stereocenters. The summed E-state index contributed by atoms with van der Waals surface area (Å²) >= 11 is 0. The molecule has 8 heteroatoms. The van der Waals surface area contributed by atoms with Crippen LogP contribution in [-0.2, 0) is 6.54 Å². The van der Waals surface area contributed by atoms with Crippen molar-refractivity contribution in [1.82, 2.24) is 19.9 Å². The van der Waals surface area contributed by atoms with Crippen molar-refractivity contribution in [1.29, 1.82) is 0 Å². The van der Waals surface area contributed by atoms with Gasteiger partial charge in [-0.3, -0.25) is 4.90 Å². The van der Waals surface area contributed by atoms with Crippen LogP contribution in [0.15, 0.2) is 72.8 Å². The molecule has 0 aliphatic rings. The summed E-state index contributed by atoms with van der Waals surface area (Å²) in [5.74, 6) is 1.56. The van der Waals surface area contributed by atoms with Crippen LogP contribution < -0.4 is 21.7 Å². The Bertz CT molecular complexity index is 1270. The topological polar surface area (TPSA) is 104 Å². The summed E-state index contributed by atoms with van der Waals surface area (Å²) in [5.41, 5.74) is 8.57. The average molecular weight is 527 g/mol. The van der Waals surface area contributed by atoms with E-state index in [9.17, 15) is 0 Å². The molecule has 1 aromatic heterocycles. The molecule has 0 saturated carbocycles.